The van der Waals surface area contributed by atoms with Gasteiger partial charge in [0.25, 0.3) is 0 Å². The number of aromatic nitrogens is 2. The van der Waals surface area contributed by atoms with Gasteiger partial charge in [0.15, 0.2) is 0 Å². The van der Waals surface area contributed by atoms with Crippen molar-refractivity contribution in [2.24, 2.45) is 0 Å². The standard InChI is InChI=1S/C19H24ClN3O/c1-13-19(14(2)23(22-13)8-9-24)16-6-7-18(11-16)21-12-15-4-3-5-17(20)10-15/h3-7,10,16,18,21,24H,8-9,11-12H2,1-2H3. The van der Waals surface area contributed by atoms with Crippen molar-refractivity contribution in [1.82, 2.24) is 15.1 Å². The molecule has 128 valence electrons. The molecule has 0 radical (unpaired) electrons. The topological polar surface area (TPSA) is 50.1 Å². The number of hydrogen-bond donors (Lipinski definition) is 2. The molecule has 0 saturated carbocycles. The fraction of sp³-hybridized carbons (Fsp3) is 0.421. The Bertz CT molecular complexity index is 738. The molecule has 0 fully saturated rings. The van der Waals surface area contributed by atoms with Gasteiger partial charge >= 0.3 is 0 Å². The summed E-state index contributed by atoms with van der Waals surface area (Å²) in [6, 6.07) is 8.32. The van der Waals surface area contributed by atoms with Crippen LogP contribution in [0, 0.1) is 13.8 Å². The maximum absolute atomic E-state index is 9.16. The van der Waals surface area contributed by atoms with Crippen molar-refractivity contribution >= 4 is 11.6 Å². The molecule has 4 nitrogen and oxygen atoms in total. The van der Waals surface area contributed by atoms with E-state index in [0.29, 0.717) is 18.5 Å². The van der Waals surface area contributed by atoms with Gasteiger partial charge in [-0.1, -0.05) is 35.9 Å². The Kier molecular flexibility index (Phi) is 5.39. The Hall–Kier alpha value is -1.62. The molecule has 1 aliphatic carbocycles. The summed E-state index contributed by atoms with van der Waals surface area (Å²) in [6.07, 6.45) is 5.56. The van der Waals surface area contributed by atoms with Crippen molar-refractivity contribution < 1.29 is 5.11 Å². The number of benzene rings is 1. The number of halogens is 1. The van der Waals surface area contributed by atoms with E-state index in [0.717, 1.165) is 29.4 Å². The van der Waals surface area contributed by atoms with E-state index in [2.05, 4.69) is 42.5 Å². The van der Waals surface area contributed by atoms with Gasteiger partial charge in [-0.3, -0.25) is 4.68 Å². The molecular formula is C19H24ClN3O. The van der Waals surface area contributed by atoms with E-state index in [1.807, 2.05) is 22.9 Å². The summed E-state index contributed by atoms with van der Waals surface area (Å²) in [5, 5.41) is 18.1. The van der Waals surface area contributed by atoms with Crippen LogP contribution in [-0.4, -0.2) is 27.5 Å². The van der Waals surface area contributed by atoms with Gasteiger partial charge in [-0.15, -0.1) is 0 Å². The van der Waals surface area contributed by atoms with Gasteiger partial charge in [0.2, 0.25) is 0 Å². The molecule has 0 bridgehead atoms. The Labute approximate surface area is 148 Å². The largest absolute Gasteiger partial charge is 0.394 e. The summed E-state index contributed by atoms with van der Waals surface area (Å²) >= 11 is 6.04. The number of rotatable bonds is 6. The number of aliphatic hydroxyl groups excluding tert-OH is 1. The molecule has 2 atom stereocenters. The minimum Gasteiger partial charge on any atom is -0.394 e. The summed E-state index contributed by atoms with van der Waals surface area (Å²) in [4.78, 5) is 0. The van der Waals surface area contributed by atoms with Crippen LogP contribution in [-0.2, 0) is 13.1 Å². The first kappa shape index (κ1) is 17.2. The minimum atomic E-state index is 0.117. The second kappa shape index (κ2) is 7.51. The van der Waals surface area contributed by atoms with Crippen LogP contribution in [0.1, 0.15) is 34.9 Å². The molecule has 24 heavy (non-hydrogen) atoms. The fourth-order valence-electron chi connectivity index (χ4n) is 3.52. The molecule has 5 heteroatoms. The molecule has 0 amide bonds. The van der Waals surface area contributed by atoms with Crippen molar-refractivity contribution in [3.8, 4) is 0 Å². The Morgan fingerprint density at radius 1 is 1.33 bits per heavy atom. The van der Waals surface area contributed by atoms with Crippen molar-refractivity contribution in [2.75, 3.05) is 6.61 Å². The summed E-state index contributed by atoms with van der Waals surface area (Å²) in [6.45, 7) is 5.62. The molecule has 1 aromatic carbocycles. The third kappa shape index (κ3) is 3.72. The Morgan fingerprint density at radius 3 is 2.92 bits per heavy atom. The van der Waals surface area contributed by atoms with E-state index >= 15 is 0 Å². The van der Waals surface area contributed by atoms with Crippen LogP contribution in [0.4, 0.5) is 0 Å². The van der Waals surface area contributed by atoms with E-state index < -0.39 is 0 Å². The Balaban J connectivity index is 1.63. The SMILES string of the molecule is Cc1nn(CCO)c(C)c1C1C=CC(NCc2cccc(Cl)c2)C1. The fourth-order valence-corrected chi connectivity index (χ4v) is 3.73. The van der Waals surface area contributed by atoms with Crippen LogP contribution < -0.4 is 5.32 Å². The monoisotopic (exact) mass is 345 g/mol. The maximum Gasteiger partial charge on any atom is 0.0644 e. The maximum atomic E-state index is 9.16. The van der Waals surface area contributed by atoms with Crippen LogP contribution in [0.5, 0.6) is 0 Å². The van der Waals surface area contributed by atoms with Crippen LogP contribution in [0.2, 0.25) is 5.02 Å². The zero-order chi connectivity index (χ0) is 17.1. The van der Waals surface area contributed by atoms with E-state index in [1.54, 1.807) is 0 Å². The highest BCUT2D eigenvalue weighted by Gasteiger charge is 2.25. The minimum absolute atomic E-state index is 0.117. The number of nitrogens with zero attached hydrogens (tertiary/aromatic N) is 2. The van der Waals surface area contributed by atoms with Gasteiger partial charge < -0.3 is 10.4 Å². The van der Waals surface area contributed by atoms with Crippen molar-refractivity contribution in [3.05, 3.63) is 64.0 Å². The van der Waals surface area contributed by atoms with E-state index in [-0.39, 0.29) is 6.61 Å². The smallest absolute Gasteiger partial charge is 0.0644 e. The van der Waals surface area contributed by atoms with Gasteiger partial charge in [-0.05, 0) is 38.0 Å². The number of allylic oxidation sites excluding steroid dienone is 1. The molecule has 0 spiro atoms. The third-order valence-electron chi connectivity index (χ3n) is 4.66. The van der Waals surface area contributed by atoms with Crippen LogP contribution >= 0.6 is 11.6 Å². The highest BCUT2D eigenvalue weighted by molar-refractivity contribution is 6.30. The predicted molar refractivity (Wildman–Crippen MR) is 97.4 cm³/mol. The normalized spacial score (nSPS) is 20.0. The van der Waals surface area contributed by atoms with Crippen LogP contribution in [0.25, 0.3) is 0 Å². The first-order chi connectivity index (χ1) is 11.6. The number of aliphatic hydroxyl groups is 1. The second-order valence-corrected chi connectivity index (χ2v) is 6.81. The molecule has 2 N–H and O–H groups in total. The van der Waals surface area contributed by atoms with Gasteiger partial charge in [0.05, 0.1) is 18.8 Å². The number of aryl methyl sites for hydroxylation is 1. The summed E-state index contributed by atoms with van der Waals surface area (Å²) in [5.74, 6) is 0.384. The van der Waals surface area contributed by atoms with Crippen LogP contribution in [0.3, 0.4) is 0 Å². The highest BCUT2D eigenvalue weighted by Crippen LogP contribution is 2.33. The van der Waals surface area contributed by atoms with Crippen molar-refractivity contribution in [2.45, 2.75) is 45.3 Å². The molecular weight excluding hydrogens is 322 g/mol. The van der Waals surface area contributed by atoms with Crippen molar-refractivity contribution in [1.29, 1.82) is 0 Å². The first-order valence-electron chi connectivity index (χ1n) is 8.39. The second-order valence-electron chi connectivity index (χ2n) is 6.38. The average Bonchev–Trinajstić information content (AvgIpc) is 3.11. The molecule has 1 aromatic heterocycles. The molecule has 2 unspecified atom stereocenters. The molecule has 0 saturated heterocycles. The quantitative estimate of drug-likeness (QED) is 0.789. The molecule has 1 heterocycles. The zero-order valence-electron chi connectivity index (χ0n) is 14.2. The zero-order valence-corrected chi connectivity index (χ0v) is 14.9. The lowest BCUT2D eigenvalue weighted by Crippen LogP contribution is -2.25. The average molecular weight is 346 g/mol. The molecule has 2 aromatic rings. The van der Waals surface area contributed by atoms with Crippen molar-refractivity contribution in [3.63, 3.8) is 0 Å². The summed E-state index contributed by atoms with van der Waals surface area (Å²) < 4.78 is 1.91. The molecule has 1 aliphatic rings. The number of nitrogens with one attached hydrogen (secondary N) is 1. The van der Waals surface area contributed by atoms with Gasteiger partial charge in [0, 0.05) is 34.8 Å². The number of hydrogen-bond acceptors (Lipinski definition) is 3. The van der Waals surface area contributed by atoms with Gasteiger partial charge in [-0.2, -0.15) is 5.10 Å². The van der Waals surface area contributed by atoms with E-state index in [4.69, 9.17) is 16.7 Å². The predicted octanol–water partition coefficient (Wildman–Crippen LogP) is 3.35. The van der Waals surface area contributed by atoms with Gasteiger partial charge in [-0.25, -0.2) is 0 Å². The highest BCUT2D eigenvalue weighted by atomic mass is 35.5. The third-order valence-corrected chi connectivity index (χ3v) is 4.90. The lowest BCUT2D eigenvalue weighted by atomic mass is 9.96. The molecule has 3 rings (SSSR count). The molecule has 0 aliphatic heterocycles. The van der Waals surface area contributed by atoms with Gasteiger partial charge in [0.1, 0.15) is 0 Å². The van der Waals surface area contributed by atoms with E-state index in [1.165, 1.54) is 11.1 Å². The first-order valence-corrected chi connectivity index (χ1v) is 8.77. The summed E-state index contributed by atoms with van der Waals surface area (Å²) in [5.41, 5.74) is 4.71. The van der Waals surface area contributed by atoms with E-state index in [9.17, 15) is 0 Å². The lowest BCUT2D eigenvalue weighted by molar-refractivity contribution is 0.267. The Morgan fingerprint density at radius 2 is 2.17 bits per heavy atom. The lowest BCUT2D eigenvalue weighted by Gasteiger charge is -2.15. The summed E-state index contributed by atoms with van der Waals surface area (Å²) in [7, 11) is 0. The van der Waals surface area contributed by atoms with Crippen LogP contribution in [0.15, 0.2) is 36.4 Å².